The topological polar surface area (TPSA) is 81.6 Å². The molecule has 1 aliphatic rings. The molecule has 6 nitrogen and oxygen atoms in total. The summed E-state index contributed by atoms with van der Waals surface area (Å²) < 4.78 is 5.67. The average Bonchev–Trinajstić information content (AvgIpc) is 2.39. The third-order valence-electron chi connectivity index (χ3n) is 3.33. The number of hydrogen-bond donors (Lipinski definition) is 1. The number of nitrogens with zero attached hydrogens (tertiary/aromatic N) is 2. The molecular weight excluding hydrogens is 246 g/mol. The van der Waals surface area contributed by atoms with Gasteiger partial charge in [-0.2, -0.15) is 0 Å². The molecule has 2 N–H and O–H groups in total. The Morgan fingerprint density at radius 2 is 2.26 bits per heavy atom. The molecule has 0 aromatic heterocycles. The van der Waals surface area contributed by atoms with Crippen molar-refractivity contribution in [3.05, 3.63) is 28.3 Å². The van der Waals surface area contributed by atoms with Crippen LogP contribution in [0.3, 0.4) is 0 Å². The van der Waals surface area contributed by atoms with Crippen LogP contribution in [0.2, 0.25) is 0 Å². The lowest BCUT2D eigenvalue weighted by molar-refractivity contribution is -0.384. The van der Waals surface area contributed by atoms with Gasteiger partial charge in [0.15, 0.2) is 0 Å². The van der Waals surface area contributed by atoms with Gasteiger partial charge < -0.3 is 15.4 Å². The van der Waals surface area contributed by atoms with E-state index in [1.165, 1.54) is 12.5 Å². The summed E-state index contributed by atoms with van der Waals surface area (Å²) in [6.07, 6.45) is 3.52. The molecule has 0 bridgehead atoms. The minimum absolute atomic E-state index is 0.0198. The fourth-order valence-electron chi connectivity index (χ4n) is 2.31. The molecule has 104 valence electrons. The summed E-state index contributed by atoms with van der Waals surface area (Å²) in [5.41, 5.74) is 6.88. The summed E-state index contributed by atoms with van der Waals surface area (Å²) in [7, 11) is 1.90. The molecule has 1 unspecified atom stereocenters. The van der Waals surface area contributed by atoms with Crippen molar-refractivity contribution in [2.24, 2.45) is 0 Å². The number of nitro benzene ring substituents is 1. The zero-order valence-electron chi connectivity index (χ0n) is 11.0. The first kappa shape index (κ1) is 13.6. The van der Waals surface area contributed by atoms with E-state index in [0.29, 0.717) is 5.69 Å². The van der Waals surface area contributed by atoms with Crippen molar-refractivity contribution in [1.29, 1.82) is 0 Å². The van der Waals surface area contributed by atoms with Crippen LogP contribution in [0.25, 0.3) is 0 Å². The Kier molecular flexibility index (Phi) is 4.21. The predicted octanol–water partition coefficient (Wildman–Crippen LogP) is 2.18. The Morgan fingerprint density at radius 1 is 1.47 bits per heavy atom. The molecule has 1 atom stereocenters. The SMILES string of the molecule is CN(CC1CCCCO1)c1cc(N)cc([N+](=O)[O-])c1. The largest absolute Gasteiger partial charge is 0.398 e. The lowest BCUT2D eigenvalue weighted by Gasteiger charge is -2.28. The number of anilines is 2. The van der Waals surface area contributed by atoms with Crippen molar-refractivity contribution in [2.45, 2.75) is 25.4 Å². The van der Waals surface area contributed by atoms with E-state index < -0.39 is 4.92 Å². The van der Waals surface area contributed by atoms with Gasteiger partial charge in [-0.25, -0.2) is 0 Å². The van der Waals surface area contributed by atoms with E-state index in [0.717, 1.165) is 31.7 Å². The van der Waals surface area contributed by atoms with E-state index in [1.54, 1.807) is 12.1 Å². The minimum Gasteiger partial charge on any atom is -0.398 e. The standard InChI is InChI=1S/C13H19N3O3/c1-15(9-13-4-2-3-5-19-13)11-6-10(14)7-12(8-11)16(17)18/h6-8,13H,2-5,9,14H2,1H3. The lowest BCUT2D eigenvalue weighted by Crippen LogP contribution is -2.33. The molecule has 1 saturated heterocycles. The molecule has 1 aromatic carbocycles. The third-order valence-corrected chi connectivity index (χ3v) is 3.33. The second kappa shape index (κ2) is 5.88. The van der Waals surface area contributed by atoms with Crippen molar-refractivity contribution in [2.75, 3.05) is 30.8 Å². The minimum atomic E-state index is -0.426. The number of benzene rings is 1. The molecule has 1 aliphatic heterocycles. The zero-order chi connectivity index (χ0) is 13.8. The van der Waals surface area contributed by atoms with Gasteiger partial charge in [-0.05, 0) is 25.3 Å². The van der Waals surface area contributed by atoms with Crippen LogP contribution in [0.15, 0.2) is 18.2 Å². The van der Waals surface area contributed by atoms with Gasteiger partial charge in [-0.15, -0.1) is 0 Å². The van der Waals surface area contributed by atoms with Crippen LogP contribution in [0.5, 0.6) is 0 Å². The maximum atomic E-state index is 10.8. The number of likely N-dealkylation sites (N-methyl/N-ethyl adjacent to an activating group) is 1. The summed E-state index contributed by atoms with van der Waals surface area (Å²) in [6, 6.07) is 4.66. The van der Waals surface area contributed by atoms with Crippen LogP contribution < -0.4 is 10.6 Å². The molecule has 0 radical (unpaired) electrons. The molecule has 0 spiro atoms. The number of non-ortho nitro benzene ring substituents is 1. The first-order valence-electron chi connectivity index (χ1n) is 6.44. The van der Waals surface area contributed by atoms with Crippen LogP contribution in [0, 0.1) is 10.1 Å². The third kappa shape index (κ3) is 3.57. The number of ether oxygens (including phenoxy) is 1. The van der Waals surface area contributed by atoms with E-state index in [1.807, 2.05) is 11.9 Å². The normalized spacial score (nSPS) is 19.1. The summed E-state index contributed by atoms with van der Waals surface area (Å²) in [6.45, 7) is 1.52. The smallest absolute Gasteiger partial charge is 0.273 e. The van der Waals surface area contributed by atoms with E-state index >= 15 is 0 Å². The molecule has 19 heavy (non-hydrogen) atoms. The maximum Gasteiger partial charge on any atom is 0.273 e. The molecule has 2 rings (SSSR count). The van der Waals surface area contributed by atoms with Gasteiger partial charge in [0, 0.05) is 43.7 Å². The Hall–Kier alpha value is -1.82. The first-order valence-corrected chi connectivity index (χ1v) is 6.44. The van der Waals surface area contributed by atoms with E-state index in [9.17, 15) is 10.1 Å². The van der Waals surface area contributed by atoms with Crippen LogP contribution in [-0.4, -0.2) is 31.2 Å². The molecular formula is C13H19N3O3. The van der Waals surface area contributed by atoms with Gasteiger partial charge in [-0.3, -0.25) is 10.1 Å². The Balaban J connectivity index is 2.09. The summed E-state index contributed by atoms with van der Waals surface area (Å²) >= 11 is 0. The fraction of sp³-hybridized carbons (Fsp3) is 0.538. The van der Waals surface area contributed by atoms with Crippen LogP contribution in [-0.2, 0) is 4.74 Å². The Morgan fingerprint density at radius 3 is 2.89 bits per heavy atom. The molecule has 1 aromatic rings. The number of hydrogen-bond acceptors (Lipinski definition) is 5. The highest BCUT2D eigenvalue weighted by atomic mass is 16.6. The van der Waals surface area contributed by atoms with Gasteiger partial charge in [-0.1, -0.05) is 0 Å². The quantitative estimate of drug-likeness (QED) is 0.512. The van der Waals surface area contributed by atoms with Gasteiger partial charge in [0.05, 0.1) is 11.0 Å². The average molecular weight is 265 g/mol. The number of rotatable bonds is 4. The summed E-state index contributed by atoms with van der Waals surface area (Å²) in [5, 5.41) is 10.8. The van der Waals surface area contributed by atoms with Crippen LogP contribution in [0.4, 0.5) is 17.1 Å². The van der Waals surface area contributed by atoms with Crippen molar-refractivity contribution in [3.63, 3.8) is 0 Å². The van der Waals surface area contributed by atoms with Crippen molar-refractivity contribution >= 4 is 17.1 Å². The van der Waals surface area contributed by atoms with Gasteiger partial charge in [0.25, 0.3) is 5.69 Å². The lowest BCUT2D eigenvalue weighted by atomic mass is 10.1. The van der Waals surface area contributed by atoms with E-state index in [-0.39, 0.29) is 11.8 Å². The molecule has 1 heterocycles. The highest BCUT2D eigenvalue weighted by Gasteiger charge is 2.18. The second-order valence-electron chi connectivity index (χ2n) is 4.91. The number of nitrogens with two attached hydrogens (primary N) is 1. The zero-order valence-corrected chi connectivity index (χ0v) is 11.0. The van der Waals surface area contributed by atoms with Crippen LogP contribution >= 0.6 is 0 Å². The number of nitro groups is 1. The van der Waals surface area contributed by atoms with Crippen LogP contribution in [0.1, 0.15) is 19.3 Å². The Bertz CT molecular complexity index is 458. The highest BCUT2D eigenvalue weighted by Crippen LogP contribution is 2.25. The number of nitrogen functional groups attached to an aromatic ring is 1. The summed E-state index contributed by atoms with van der Waals surface area (Å²) in [4.78, 5) is 12.4. The molecule has 0 aliphatic carbocycles. The van der Waals surface area contributed by atoms with Crippen molar-refractivity contribution < 1.29 is 9.66 Å². The highest BCUT2D eigenvalue weighted by molar-refractivity contribution is 5.62. The van der Waals surface area contributed by atoms with Crippen molar-refractivity contribution in [3.8, 4) is 0 Å². The predicted molar refractivity (Wildman–Crippen MR) is 74.4 cm³/mol. The van der Waals surface area contributed by atoms with Gasteiger partial charge in [0.1, 0.15) is 0 Å². The second-order valence-corrected chi connectivity index (χ2v) is 4.91. The Labute approximate surface area is 112 Å². The molecule has 1 fully saturated rings. The molecule has 0 saturated carbocycles. The monoisotopic (exact) mass is 265 g/mol. The molecule has 6 heteroatoms. The van der Waals surface area contributed by atoms with E-state index in [4.69, 9.17) is 10.5 Å². The molecule has 0 amide bonds. The maximum absolute atomic E-state index is 10.8. The summed E-state index contributed by atoms with van der Waals surface area (Å²) in [5.74, 6) is 0. The van der Waals surface area contributed by atoms with Crippen molar-refractivity contribution in [1.82, 2.24) is 0 Å². The first-order chi connectivity index (χ1) is 9.06. The van der Waals surface area contributed by atoms with E-state index in [2.05, 4.69) is 0 Å². The van der Waals surface area contributed by atoms with Gasteiger partial charge >= 0.3 is 0 Å². The fourth-order valence-corrected chi connectivity index (χ4v) is 2.31. The van der Waals surface area contributed by atoms with Gasteiger partial charge in [0.2, 0.25) is 0 Å².